The molecule has 3 rings (SSSR count). The highest BCUT2D eigenvalue weighted by atomic mass is 35.5. The molecule has 2 aromatic carbocycles. The maximum absolute atomic E-state index is 12.9. The molecule has 0 aliphatic carbocycles. The Bertz CT molecular complexity index is 954. The van der Waals surface area contributed by atoms with Crippen LogP contribution in [0.1, 0.15) is 0 Å². The second-order valence-electron chi connectivity index (χ2n) is 4.99. The zero-order chi connectivity index (χ0) is 17.1. The van der Waals surface area contributed by atoms with Gasteiger partial charge in [-0.15, -0.1) is 0 Å². The Hall–Kier alpha value is -2.31. The van der Waals surface area contributed by atoms with Crippen LogP contribution in [-0.4, -0.2) is 28.3 Å². The molecule has 3 aromatic rings. The molecule has 1 aromatic heterocycles. The van der Waals surface area contributed by atoms with E-state index in [1.165, 1.54) is 16.3 Å². The summed E-state index contributed by atoms with van der Waals surface area (Å²) < 4.78 is 1.51. The van der Waals surface area contributed by atoms with Gasteiger partial charge in [-0.3, -0.25) is 14.2 Å². The number of benzene rings is 2. The number of halogens is 1. The lowest BCUT2D eigenvalue weighted by Gasteiger charge is -2.13. The fraction of sp³-hybridized carbons (Fsp3) is 0.118. The van der Waals surface area contributed by atoms with Gasteiger partial charge in [0.2, 0.25) is 5.91 Å². The number of aromatic nitrogens is 2. The van der Waals surface area contributed by atoms with Gasteiger partial charge < -0.3 is 5.32 Å². The Labute approximate surface area is 147 Å². The summed E-state index contributed by atoms with van der Waals surface area (Å²) in [6.45, 7) is 0. The lowest BCUT2D eigenvalue weighted by atomic mass is 10.2. The molecule has 0 atom stereocenters. The first-order valence-electron chi connectivity index (χ1n) is 7.21. The minimum Gasteiger partial charge on any atom is -0.358 e. The largest absolute Gasteiger partial charge is 0.358 e. The van der Waals surface area contributed by atoms with Gasteiger partial charge in [-0.2, -0.15) is 0 Å². The van der Waals surface area contributed by atoms with E-state index < -0.39 is 0 Å². The number of carbonyl (C=O) groups excluding carboxylic acids is 1. The zero-order valence-electron chi connectivity index (χ0n) is 12.8. The molecular formula is C17H14ClN3O2S. The van der Waals surface area contributed by atoms with Gasteiger partial charge in [-0.25, -0.2) is 4.98 Å². The third-order valence-electron chi connectivity index (χ3n) is 3.44. The predicted octanol–water partition coefficient (Wildman–Crippen LogP) is 2.88. The average molecular weight is 360 g/mol. The average Bonchev–Trinajstić information content (AvgIpc) is 2.61. The number of nitrogens with one attached hydrogen (secondary N) is 1. The second-order valence-corrected chi connectivity index (χ2v) is 6.37. The maximum Gasteiger partial charge on any atom is 0.266 e. The van der Waals surface area contributed by atoms with Crippen molar-refractivity contribution in [1.29, 1.82) is 0 Å². The monoisotopic (exact) mass is 359 g/mol. The van der Waals surface area contributed by atoms with Crippen molar-refractivity contribution in [2.24, 2.45) is 0 Å². The van der Waals surface area contributed by atoms with Gasteiger partial charge in [0.25, 0.3) is 5.56 Å². The number of para-hydroxylation sites is 1. The van der Waals surface area contributed by atoms with Gasteiger partial charge in [0, 0.05) is 12.1 Å². The van der Waals surface area contributed by atoms with Gasteiger partial charge in [0.1, 0.15) is 0 Å². The third-order valence-corrected chi connectivity index (χ3v) is 4.63. The summed E-state index contributed by atoms with van der Waals surface area (Å²) in [6.07, 6.45) is 0. The molecule has 1 heterocycles. The van der Waals surface area contributed by atoms with E-state index in [2.05, 4.69) is 10.3 Å². The molecular weight excluding hydrogens is 346 g/mol. The molecule has 0 radical (unpaired) electrons. The van der Waals surface area contributed by atoms with Crippen molar-refractivity contribution in [3.8, 4) is 5.69 Å². The Balaban J connectivity index is 2.19. The van der Waals surface area contributed by atoms with Crippen LogP contribution in [0.2, 0.25) is 5.02 Å². The topological polar surface area (TPSA) is 64.0 Å². The first-order valence-corrected chi connectivity index (χ1v) is 8.57. The number of nitrogens with zero attached hydrogens (tertiary/aromatic N) is 2. The van der Waals surface area contributed by atoms with Crippen molar-refractivity contribution in [1.82, 2.24) is 14.9 Å². The molecule has 0 aliphatic rings. The zero-order valence-corrected chi connectivity index (χ0v) is 14.4. The van der Waals surface area contributed by atoms with E-state index in [4.69, 9.17) is 11.6 Å². The summed E-state index contributed by atoms with van der Waals surface area (Å²) in [5, 5.41) is 4.13. The molecule has 0 bridgehead atoms. The summed E-state index contributed by atoms with van der Waals surface area (Å²) in [6, 6.07) is 14.1. The molecule has 122 valence electrons. The fourth-order valence-electron chi connectivity index (χ4n) is 2.23. The van der Waals surface area contributed by atoms with Crippen molar-refractivity contribution in [3.05, 3.63) is 63.9 Å². The maximum atomic E-state index is 12.9. The Morgan fingerprint density at radius 1 is 1.21 bits per heavy atom. The summed E-state index contributed by atoms with van der Waals surface area (Å²) in [5.41, 5.74) is 1.08. The van der Waals surface area contributed by atoms with E-state index in [-0.39, 0.29) is 17.2 Å². The first-order chi connectivity index (χ1) is 11.6. The van der Waals surface area contributed by atoms with Gasteiger partial charge in [0.05, 0.1) is 22.3 Å². The molecule has 0 saturated heterocycles. The predicted molar refractivity (Wildman–Crippen MR) is 97.1 cm³/mol. The van der Waals surface area contributed by atoms with E-state index in [0.717, 1.165) is 0 Å². The van der Waals surface area contributed by atoms with Crippen LogP contribution in [0, 0.1) is 0 Å². The fourth-order valence-corrected chi connectivity index (χ4v) is 3.24. The van der Waals surface area contributed by atoms with Crippen molar-refractivity contribution in [2.45, 2.75) is 5.16 Å². The minimum atomic E-state index is -0.178. The van der Waals surface area contributed by atoms with Crippen molar-refractivity contribution >= 4 is 40.2 Å². The van der Waals surface area contributed by atoms with E-state index in [1.54, 1.807) is 49.5 Å². The van der Waals surface area contributed by atoms with Gasteiger partial charge in [0.15, 0.2) is 5.16 Å². The summed E-state index contributed by atoms with van der Waals surface area (Å²) in [7, 11) is 1.57. The molecule has 5 nitrogen and oxygen atoms in total. The third kappa shape index (κ3) is 3.29. The number of thioether (sulfide) groups is 1. The number of amides is 1. The van der Waals surface area contributed by atoms with Crippen LogP contribution in [0.15, 0.2) is 58.5 Å². The molecule has 1 amide bonds. The minimum absolute atomic E-state index is 0.134. The molecule has 24 heavy (non-hydrogen) atoms. The summed E-state index contributed by atoms with van der Waals surface area (Å²) in [4.78, 5) is 29.0. The van der Waals surface area contributed by atoms with Crippen molar-refractivity contribution < 1.29 is 4.79 Å². The Morgan fingerprint density at radius 3 is 2.62 bits per heavy atom. The number of rotatable bonds is 4. The highest BCUT2D eigenvalue weighted by Gasteiger charge is 2.14. The smallest absolute Gasteiger partial charge is 0.266 e. The molecule has 7 heteroatoms. The molecule has 0 aliphatic heterocycles. The molecule has 0 saturated carbocycles. The SMILES string of the molecule is CNC(=O)CSc1nc2ccccc2c(=O)n1-c1ccc(Cl)cc1. The number of fused-ring (bicyclic) bond motifs is 1. The van der Waals surface area contributed by atoms with Gasteiger partial charge in [-0.05, 0) is 36.4 Å². The van der Waals surface area contributed by atoms with Crippen LogP contribution in [-0.2, 0) is 4.79 Å². The Kier molecular flexibility index (Phi) is 4.87. The molecule has 0 spiro atoms. The van der Waals surface area contributed by atoms with Gasteiger partial charge >= 0.3 is 0 Å². The van der Waals surface area contributed by atoms with Crippen LogP contribution >= 0.6 is 23.4 Å². The lowest BCUT2D eigenvalue weighted by molar-refractivity contribution is -0.118. The van der Waals surface area contributed by atoms with E-state index in [9.17, 15) is 9.59 Å². The van der Waals surface area contributed by atoms with Gasteiger partial charge in [-0.1, -0.05) is 35.5 Å². The van der Waals surface area contributed by atoms with Crippen LogP contribution in [0.3, 0.4) is 0 Å². The number of hydrogen-bond acceptors (Lipinski definition) is 4. The van der Waals surface area contributed by atoms with E-state index in [0.29, 0.717) is 26.8 Å². The highest BCUT2D eigenvalue weighted by molar-refractivity contribution is 7.99. The van der Waals surface area contributed by atoms with Crippen molar-refractivity contribution in [2.75, 3.05) is 12.8 Å². The van der Waals surface area contributed by atoms with E-state index in [1.807, 2.05) is 6.07 Å². The molecule has 0 fully saturated rings. The van der Waals surface area contributed by atoms with E-state index >= 15 is 0 Å². The van der Waals surface area contributed by atoms with Crippen LogP contribution in [0.5, 0.6) is 0 Å². The van der Waals surface area contributed by atoms with Crippen molar-refractivity contribution in [3.63, 3.8) is 0 Å². The van der Waals surface area contributed by atoms with Crippen LogP contribution in [0.25, 0.3) is 16.6 Å². The van der Waals surface area contributed by atoms with Crippen LogP contribution in [0.4, 0.5) is 0 Å². The second kappa shape index (κ2) is 7.07. The molecule has 1 N–H and O–H groups in total. The number of carbonyl (C=O) groups is 1. The first kappa shape index (κ1) is 16.5. The Morgan fingerprint density at radius 2 is 1.92 bits per heavy atom. The standard InChI is InChI=1S/C17H14ClN3O2S/c1-19-15(22)10-24-17-20-14-5-3-2-4-13(14)16(23)21(17)12-8-6-11(18)7-9-12/h2-9H,10H2,1H3,(H,19,22). The lowest BCUT2D eigenvalue weighted by Crippen LogP contribution is -2.24. The van der Waals surface area contributed by atoms with Crippen LogP contribution < -0.4 is 10.9 Å². The summed E-state index contributed by atoms with van der Waals surface area (Å²) in [5.74, 6) is 0.0413. The summed E-state index contributed by atoms with van der Waals surface area (Å²) >= 11 is 7.15. The highest BCUT2D eigenvalue weighted by Crippen LogP contribution is 2.22. The molecule has 0 unspecified atom stereocenters. The number of hydrogen-bond donors (Lipinski definition) is 1. The quantitative estimate of drug-likeness (QED) is 0.574. The normalized spacial score (nSPS) is 10.8.